The fourth-order valence-corrected chi connectivity index (χ4v) is 11.9. The third kappa shape index (κ3) is 5.55. The van der Waals surface area contributed by atoms with Crippen LogP contribution in [0.3, 0.4) is 0 Å². The van der Waals surface area contributed by atoms with Crippen molar-refractivity contribution in [3.05, 3.63) is 160 Å². The molecule has 0 fully saturated rings. The van der Waals surface area contributed by atoms with Gasteiger partial charge in [0.1, 0.15) is 0 Å². The minimum absolute atomic E-state index is 0.0788. The summed E-state index contributed by atoms with van der Waals surface area (Å²) in [6.45, 7) is 29.3. The van der Waals surface area contributed by atoms with Crippen LogP contribution in [0.25, 0.3) is 33.4 Å². The highest BCUT2D eigenvalue weighted by molar-refractivity contribution is 5.96. The van der Waals surface area contributed by atoms with E-state index in [9.17, 15) is 0 Å². The number of fused-ring (bicyclic) bond motifs is 8. The van der Waals surface area contributed by atoms with E-state index in [2.05, 4.69) is 203 Å². The zero-order valence-electron chi connectivity index (χ0n) is 37.7. The first kappa shape index (κ1) is 38.3. The van der Waals surface area contributed by atoms with Crippen LogP contribution in [-0.2, 0) is 32.5 Å². The van der Waals surface area contributed by atoms with E-state index in [1.165, 1.54) is 121 Å². The first-order valence-corrected chi connectivity index (χ1v) is 22.4. The maximum Gasteiger partial charge on any atom is 0.0543 e. The van der Waals surface area contributed by atoms with E-state index in [0.717, 1.165) is 0 Å². The maximum atomic E-state index is 2.64. The van der Waals surface area contributed by atoms with Crippen molar-refractivity contribution < 1.29 is 0 Å². The second kappa shape index (κ2) is 12.3. The van der Waals surface area contributed by atoms with Crippen molar-refractivity contribution in [1.29, 1.82) is 0 Å². The van der Waals surface area contributed by atoms with Gasteiger partial charge in [0.15, 0.2) is 0 Å². The largest absolute Gasteiger partial charge is 0.310 e. The molecule has 300 valence electrons. The summed E-state index contributed by atoms with van der Waals surface area (Å²) in [6, 6.07) is 45.6. The SMILES string of the molecule is CC1(C)CCC(C)(C)c2cc(-c3cc4c(cc3N(c3ccc5c(c3)C(C)(C)CCC5(C)C)c3ccc5c(c3)C(C)(C)c3ccccc3-5)C(C)(C)c3ccccc3-4)ccc21. The number of anilines is 3. The highest BCUT2D eigenvalue weighted by atomic mass is 15.1. The molecular weight excluding hydrogens is 711 g/mol. The van der Waals surface area contributed by atoms with Crippen molar-refractivity contribution >= 4 is 17.1 Å². The van der Waals surface area contributed by atoms with E-state index in [1.807, 2.05) is 0 Å². The molecule has 10 rings (SSSR count). The van der Waals surface area contributed by atoms with Gasteiger partial charge in [0.05, 0.1) is 5.69 Å². The van der Waals surface area contributed by atoms with Crippen LogP contribution in [0.4, 0.5) is 17.1 Å². The molecule has 0 N–H and O–H groups in total. The maximum absolute atomic E-state index is 2.64. The molecule has 0 bridgehead atoms. The number of hydrogen-bond donors (Lipinski definition) is 0. The average molecular weight is 774 g/mol. The summed E-state index contributed by atoms with van der Waals surface area (Å²) >= 11 is 0. The predicted octanol–water partition coefficient (Wildman–Crippen LogP) is 16.1. The van der Waals surface area contributed by atoms with Crippen LogP contribution in [0.2, 0.25) is 0 Å². The quantitative estimate of drug-likeness (QED) is 0.172. The summed E-state index contributed by atoms with van der Waals surface area (Å²) in [5.41, 5.74) is 23.5. The number of hydrogen-bond acceptors (Lipinski definition) is 1. The van der Waals surface area contributed by atoms with Crippen LogP contribution in [0, 0.1) is 0 Å². The van der Waals surface area contributed by atoms with Gasteiger partial charge in [0.25, 0.3) is 0 Å². The fraction of sp³-hybridized carbons (Fsp3) is 0.379. The lowest BCUT2D eigenvalue weighted by Crippen LogP contribution is -2.34. The molecule has 0 aliphatic heterocycles. The molecule has 0 unspecified atom stereocenters. The number of benzene rings is 6. The lowest BCUT2D eigenvalue weighted by Gasteiger charge is -2.43. The summed E-state index contributed by atoms with van der Waals surface area (Å²) in [5, 5.41) is 0. The standard InChI is InChI=1S/C58H63N/c1-53(2)27-29-55(5,6)50-31-36(21-25-46(50)53)42-34-43-40-18-14-16-20-45(40)58(11,12)49(43)35-52(42)59(38-23-26-47-51(33-38)56(7,8)30-28-54(47,3)4)37-22-24-41-39-17-13-15-19-44(39)57(9,10)48(41)32-37/h13-26,31-35H,27-30H2,1-12H3. The molecule has 4 aliphatic carbocycles. The molecule has 0 saturated carbocycles. The van der Waals surface area contributed by atoms with Gasteiger partial charge < -0.3 is 4.90 Å². The number of rotatable bonds is 4. The van der Waals surface area contributed by atoms with E-state index in [1.54, 1.807) is 0 Å². The Balaban J connectivity index is 1.29. The van der Waals surface area contributed by atoms with Gasteiger partial charge in [0, 0.05) is 27.8 Å². The van der Waals surface area contributed by atoms with Gasteiger partial charge in [-0.3, -0.25) is 0 Å². The van der Waals surface area contributed by atoms with Crippen LogP contribution < -0.4 is 4.90 Å². The molecule has 1 nitrogen and oxygen atoms in total. The zero-order chi connectivity index (χ0) is 41.7. The van der Waals surface area contributed by atoms with Gasteiger partial charge in [-0.2, -0.15) is 0 Å². The Bertz CT molecular complexity index is 2730. The molecule has 6 aromatic carbocycles. The first-order chi connectivity index (χ1) is 27.7. The fourth-order valence-electron chi connectivity index (χ4n) is 11.9. The minimum atomic E-state index is -0.143. The van der Waals surface area contributed by atoms with E-state index < -0.39 is 0 Å². The smallest absolute Gasteiger partial charge is 0.0543 e. The molecule has 0 radical (unpaired) electrons. The van der Waals surface area contributed by atoms with Gasteiger partial charge in [-0.1, -0.05) is 162 Å². The number of nitrogens with zero attached hydrogens (tertiary/aromatic N) is 1. The van der Waals surface area contributed by atoms with Crippen molar-refractivity contribution in [2.45, 2.75) is 141 Å². The molecule has 0 atom stereocenters. The second-order valence-corrected chi connectivity index (χ2v) is 22.3. The molecule has 59 heavy (non-hydrogen) atoms. The summed E-state index contributed by atoms with van der Waals surface area (Å²) in [4.78, 5) is 2.64. The lowest BCUT2D eigenvalue weighted by atomic mass is 9.63. The molecule has 6 aromatic rings. The molecule has 1 heteroatoms. The van der Waals surface area contributed by atoms with Crippen molar-refractivity contribution in [1.82, 2.24) is 0 Å². The van der Waals surface area contributed by atoms with Gasteiger partial charge >= 0.3 is 0 Å². The summed E-state index contributed by atoms with van der Waals surface area (Å²) in [6.07, 6.45) is 4.78. The lowest BCUT2D eigenvalue weighted by molar-refractivity contribution is 0.332. The molecule has 0 aromatic heterocycles. The normalized spacial score (nSPS) is 20.1. The van der Waals surface area contributed by atoms with Crippen molar-refractivity contribution in [3.8, 4) is 33.4 Å². The van der Waals surface area contributed by atoms with Gasteiger partial charge in [0.2, 0.25) is 0 Å². The van der Waals surface area contributed by atoms with E-state index >= 15 is 0 Å². The first-order valence-electron chi connectivity index (χ1n) is 22.4. The van der Waals surface area contributed by atoms with E-state index in [0.29, 0.717) is 0 Å². The van der Waals surface area contributed by atoms with Crippen molar-refractivity contribution in [3.63, 3.8) is 0 Å². The second-order valence-electron chi connectivity index (χ2n) is 22.3. The monoisotopic (exact) mass is 773 g/mol. The van der Waals surface area contributed by atoms with Crippen molar-refractivity contribution in [2.24, 2.45) is 0 Å². The third-order valence-electron chi connectivity index (χ3n) is 16.0. The van der Waals surface area contributed by atoms with Crippen LogP contribution in [-0.4, -0.2) is 0 Å². The van der Waals surface area contributed by atoms with Crippen molar-refractivity contribution in [2.75, 3.05) is 4.90 Å². The molecule has 0 spiro atoms. The predicted molar refractivity (Wildman–Crippen MR) is 252 cm³/mol. The average Bonchev–Trinajstić information content (AvgIpc) is 3.57. The van der Waals surface area contributed by atoms with E-state index in [-0.39, 0.29) is 32.5 Å². The molecular formula is C58H63N. The van der Waals surface area contributed by atoms with Crippen LogP contribution >= 0.6 is 0 Å². The van der Waals surface area contributed by atoms with Crippen LogP contribution in [0.5, 0.6) is 0 Å². The van der Waals surface area contributed by atoms with Gasteiger partial charge in [-0.25, -0.2) is 0 Å². The molecule has 0 saturated heterocycles. The Morgan fingerprint density at radius 1 is 0.322 bits per heavy atom. The van der Waals surface area contributed by atoms with Crippen LogP contribution in [0.15, 0.2) is 115 Å². The third-order valence-corrected chi connectivity index (χ3v) is 16.0. The molecule has 4 aliphatic rings. The van der Waals surface area contributed by atoms with Gasteiger partial charge in [-0.15, -0.1) is 0 Å². The Kier molecular flexibility index (Phi) is 8.02. The van der Waals surface area contributed by atoms with Gasteiger partial charge in [-0.05, 0) is 156 Å². The Labute approximate surface area is 354 Å². The summed E-state index contributed by atoms with van der Waals surface area (Å²) in [7, 11) is 0. The summed E-state index contributed by atoms with van der Waals surface area (Å²) < 4.78 is 0. The summed E-state index contributed by atoms with van der Waals surface area (Å²) in [5.74, 6) is 0. The molecule has 0 heterocycles. The van der Waals surface area contributed by atoms with E-state index in [4.69, 9.17) is 0 Å². The zero-order valence-corrected chi connectivity index (χ0v) is 37.7. The minimum Gasteiger partial charge on any atom is -0.310 e. The van der Waals surface area contributed by atoms with Crippen LogP contribution in [0.1, 0.15) is 153 Å². The highest BCUT2D eigenvalue weighted by Crippen LogP contribution is 2.57. The Hall–Kier alpha value is -4.88. The Morgan fingerprint density at radius 2 is 0.746 bits per heavy atom. The molecule has 0 amide bonds. The highest BCUT2D eigenvalue weighted by Gasteiger charge is 2.42. The Morgan fingerprint density at radius 3 is 1.32 bits per heavy atom. The topological polar surface area (TPSA) is 3.24 Å².